The van der Waals surface area contributed by atoms with E-state index in [1.54, 1.807) is 25.1 Å². The third-order valence-electron chi connectivity index (χ3n) is 3.85. The number of nitrogens with one attached hydrogen (secondary N) is 1. The van der Waals surface area contributed by atoms with Gasteiger partial charge in [-0.3, -0.25) is 4.79 Å². The number of aromatic nitrogens is 2. The van der Waals surface area contributed by atoms with Crippen LogP contribution in [0, 0.1) is 5.92 Å². The van der Waals surface area contributed by atoms with Crippen LogP contribution < -0.4 is 5.32 Å². The Morgan fingerprint density at radius 3 is 2.56 bits per heavy atom. The molecule has 2 atom stereocenters. The quantitative estimate of drug-likeness (QED) is 0.839. The maximum absolute atomic E-state index is 12.6. The molecule has 6 nitrogen and oxygen atoms in total. The minimum atomic E-state index is -0.381. The average molecular weight is 345 g/mol. The number of amides is 1. The molecule has 0 aliphatic carbocycles. The second-order valence-electron chi connectivity index (χ2n) is 7.62. The predicted octanol–water partition coefficient (Wildman–Crippen LogP) is 3.17. The van der Waals surface area contributed by atoms with Gasteiger partial charge in [0.1, 0.15) is 0 Å². The first-order valence-corrected chi connectivity index (χ1v) is 8.58. The van der Waals surface area contributed by atoms with Crippen molar-refractivity contribution in [1.29, 1.82) is 0 Å². The molecule has 2 rings (SSSR count). The zero-order valence-electron chi connectivity index (χ0n) is 15.5. The molecule has 1 heterocycles. The van der Waals surface area contributed by atoms with Gasteiger partial charge in [-0.2, -0.15) is 4.98 Å². The SMILES string of the molecule is CC(O)CC(C)CNC(=O)c1ccccc1-c1nc(C(C)(C)C)no1. The molecule has 1 aromatic carbocycles. The molecule has 6 heteroatoms. The molecular weight excluding hydrogens is 318 g/mol. The second-order valence-corrected chi connectivity index (χ2v) is 7.62. The Hall–Kier alpha value is -2.21. The maximum atomic E-state index is 12.6. The van der Waals surface area contributed by atoms with Gasteiger partial charge in [-0.05, 0) is 31.4 Å². The second kappa shape index (κ2) is 7.78. The first-order chi connectivity index (χ1) is 11.7. The van der Waals surface area contributed by atoms with E-state index >= 15 is 0 Å². The van der Waals surface area contributed by atoms with Crippen LogP contribution in [-0.2, 0) is 5.41 Å². The van der Waals surface area contributed by atoms with Crippen LogP contribution in [0.1, 0.15) is 57.2 Å². The molecule has 2 unspecified atom stereocenters. The van der Waals surface area contributed by atoms with Gasteiger partial charge < -0.3 is 14.9 Å². The molecule has 2 aromatic rings. The first-order valence-electron chi connectivity index (χ1n) is 8.58. The summed E-state index contributed by atoms with van der Waals surface area (Å²) in [6, 6.07) is 7.18. The van der Waals surface area contributed by atoms with Crippen molar-refractivity contribution < 1.29 is 14.4 Å². The van der Waals surface area contributed by atoms with Gasteiger partial charge in [-0.1, -0.05) is 45.0 Å². The molecule has 0 aliphatic rings. The van der Waals surface area contributed by atoms with E-state index in [1.807, 2.05) is 33.8 Å². The molecule has 0 bridgehead atoms. The lowest BCUT2D eigenvalue weighted by molar-refractivity contribution is 0.0939. The number of nitrogens with zero attached hydrogens (tertiary/aromatic N) is 2. The van der Waals surface area contributed by atoms with Crippen LogP contribution >= 0.6 is 0 Å². The molecular formula is C19H27N3O3. The van der Waals surface area contributed by atoms with Gasteiger partial charge in [0.15, 0.2) is 5.82 Å². The summed E-state index contributed by atoms with van der Waals surface area (Å²) in [6.45, 7) is 10.2. The zero-order chi connectivity index (χ0) is 18.6. The highest BCUT2D eigenvalue weighted by molar-refractivity contribution is 5.99. The lowest BCUT2D eigenvalue weighted by Gasteiger charge is -2.15. The number of aliphatic hydroxyl groups excluding tert-OH is 1. The minimum absolute atomic E-state index is 0.187. The Morgan fingerprint density at radius 1 is 1.28 bits per heavy atom. The summed E-state index contributed by atoms with van der Waals surface area (Å²) in [7, 11) is 0. The van der Waals surface area contributed by atoms with E-state index in [2.05, 4.69) is 15.5 Å². The topological polar surface area (TPSA) is 88.2 Å². The van der Waals surface area contributed by atoms with E-state index in [-0.39, 0.29) is 23.3 Å². The number of carbonyl (C=O) groups excluding carboxylic acids is 1. The Bertz CT molecular complexity index is 717. The number of hydrogen-bond donors (Lipinski definition) is 2. The van der Waals surface area contributed by atoms with E-state index in [0.29, 0.717) is 35.8 Å². The minimum Gasteiger partial charge on any atom is -0.393 e. The number of benzene rings is 1. The van der Waals surface area contributed by atoms with Crippen LogP contribution in [0.5, 0.6) is 0 Å². The van der Waals surface area contributed by atoms with Gasteiger partial charge in [0.2, 0.25) is 0 Å². The molecule has 1 amide bonds. The van der Waals surface area contributed by atoms with Gasteiger partial charge in [-0.15, -0.1) is 0 Å². The van der Waals surface area contributed by atoms with Crippen molar-refractivity contribution in [2.75, 3.05) is 6.54 Å². The number of aliphatic hydroxyl groups is 1. The van der Waals surface area contributed by atoms with Crippen molar-refractivity contribution in [1.82, 2.24) is 15.5 Å². The Labute approximate surface area is 148 Å². The Morgan fingerprint density at radius 2 is 1.96 bits per heavy atom. The van der Waals surface area contributed by atoms with Crippen LogP contribution in [0.15, 0.2) is 28.8 Å². The molecule has 2 N–H and O–H groups in total. The van der Waals surface area contributed by atoms with Crippen molar-refractivity contribution >= 4 is 5.91 Å². The molecule has 0 aliphatic heterocycles. The number of rotatable bonds is 6. The molecule has 25 heavy (non-hydrogen) atoms. The molecule has 136 valence electrons. The van der Waals surface area contributed by atoms with E-state index in [1.165, 1.54) is 0 Å². The van der Waals surface area contributed by atoms with Gasteiger partial charge in [0, 0.05) is 12.0 Å². The van der Waals surface area contributed by atoms with Crippen molar-refractivity contribution in [2.45, 2.75) is 52.6 Å². The van der Waals surface area contributed by atoms with Crippen LogP contribution in [0.3, 0.4) is 0 Å². The van der Waals surface area contributed by atoms with Crippen molar-refractivity contribution in [3.05, 3.63) is 35.7 Å². The van der Waals surface area contributed by atoms with E-state index in [9.17, 15) is 9.90 Å². The standard InChI is InChI=1S/C19H27N3O3/c1-12(10-13(2)23)11-20-16(24)14-8-6-7-9-15(14)17-21-18(22-25-17)19(3,4)5/h6-9,12-13,23H,10-11H2,1-5H3,(H,20,24). The summed E-state index contributed by atoms with van der Waals surface area (Å²) in [5.74, 6) is 0.937. The summed E-state index contributed by atoms with van der Waals surface area (Å²) >= 11 is 0. The normalized spacial score (nSPS) is 14.2. The third kappa shape index (κ3) is 5.13. The third-order valence-corrected chi connectivity index (χ3v) is 3.85. The zero-order valence-corrected chi connectivity index (χ0v) is 15.5. The van der Waals surface area contributed by atoms with E-state index in [4.69, 9.17) is 4.52 Å². The molecule has 0 saturated carbocycles. The van der Waals surface area contributed by atoms with Crippen LogP contribution in [0.4, 0.5) is 0 Å². The van der Waals surface area contributed by atoms with Crippen molar-refractivity contribution in [2.24, 2.45) is 5.92 Å². The monoisotopic (exact) mass is 345 g/mol. The van der Waals surface area contributed by atoms with E-state index < -0.39 is 0 Å². The highest BCUT2D eigenvalue weighted by Crippen LogP contribution is 2.26. The molecule has 1 aromatic heterocycles. The number of hydrogen-bond acceptors (Lipinski definition) is 5. The van der Waals surface area contributed by atoms with E-state index in [0.717, 1.165) is 0 Å². The van der Waals surface area contributed by atoms with Gasteiger partial charge in [-0.25, -0.2) is 0 Å². The lowest BCUT2D eigenvalue weighted by atomic mass is 9.96. The Kier molecular flexibility index (Phi) is 5.95. The lowest BCUT2D eigenvalue weighted by Crippen LogP contribution is -2.29. The fraction of sp³-hybridized carbons (Fsp3) is 0.526. The maximum Gasteiger partial charge on any atom is 0.258 e. The first kappa shape index (κ1) is 19.1. The summed E-state index contributed by atoms with van der Waals surface area (Å²) in [6.07, 6.45) is 0.258. The largest absolute Gasteiger partial charge is 0.393 e. The summed E-state index contributed by atoms with van der Waals surface area (Å²) in [4.78, 5) is 17.0. The summed E-state index contributed by atoms with van der Waals surface area (Å²) in [5.41, 5.74) is 0.886. The average Bonchev–Trinajstić information content (AvgIpc) is 3.02. The van der Waals surface area contributed by atoms with Crippen molar-refractivity contribution in [3.63, 3.8) is 0 Å². The van der Waals surface area contributed by atoms with Gasteiger partial charge in [0.05, 0.1) is 17.2 Å². The van der Waals surface area contributed by atoms with Crippen LogP contribution in [-0.4, -0.2) is 33.8 Å². The molecule has 0 saturated heterocycles. The highest BCUT2D eigenvalue weighted by atomic mass is 16.5. The molecule has 0 fully saturated rings. The van der Waals surface area contributed by atoms with Gasteiger partial charge >= 0.3 is 0 Å². The Balaban J connectivity index is 2.17. The summed E-state index contributed by atoms with van der Waals surface area (Å²) in [5, 5.41) is 16.4. The number of carbonyl (C=O) groups is 1. The smallest absolute Gasteiger partial charge is 0.258 e. The fourth-order valence-corrected chi connectivity index (χ4v) is 2.53. The van der Waals surface area contributed by atoms with Crippen molar-refractivity contribution in [3.8, 4) is 11.5 Å². The highest BCUT2D eigenvalue weighted by Gasteiger charge is 2.23. The van der Waals surface area contributed by atoms with Crippen LogP contribution in [0.25, 0.3) is 11.5 Å². The molecule has 0 radical (unpaired) electrons. The fourth-order valence-electron chi connectivity index (χ4n) is 2.53. The predicted molar refractivity (Wildman–Crippen MR) is 96.2 cm³/mol. The van der Waals surface area contributed by atoms with Gasteiger partial charge in [0.25, 0.3) is 11.8 Å². The summed E-state index contributed by atoms with van der Waals surface area (Å²) < 4.78 is 5.37. The molecule has 0 spiro atoms. The van der Waals surface area contributed by atoms with Crippen LogP contribution in [0.2, 0.25) is 0 Å².